The van der Waals surface area contributed by atoms with Crippen molar-refractivity contribution in [3.8, 4) is 5.75 Å². The highest BCUT2D eigenvalue weighted by Gasteiger charge is 2.42. The molecule has 2 atom stereocenters. The average Bonchev–Trinajstić information content (AvgIpc) is 3.28. The zero-order valence-corrected chi connectivity index (χ0v) is 16.8. The summed E-state index contributed by atoms with van der Waals surface area (Å²) in [4.78, 5) is 26.6. The second-order valence-corrected chi connectivity index (χ2v) is 9.36. The quantitative estimate of drug-likeness (QED) is 0.666. The molecular formula is C19H27N3O5S. The molecule has 8 nitrogen and oxygen atoms in total. The number of nitrogens with one attached hydrogen (secondary N) is 2. The molecule has 154 valence electrons. The van der Waals surface area contributed by atoms with Gasteiger partial charge in [0.2, 0.25) is 5.91 Å². The Bertz CT molecular complexity index is 803. The number of hydrogen-bond acceptors (Lipinski definition) is 6. The summed E-state index contributed by atoms with van der Waals surface area (Å²) < 4.78 is 29.4. The molecule has 1 aromatic carbocycles. The number of benzene rings is 1. The second-order valence-electron chi connectivity index (χ2n) is 7.20. The van der Waals surface area contributed by atoms with Gasteiger partial charge in [-0.3, -0.25) is 14.5 Å². The molecule has 2 aliphatic heterocycles. The summed E-state index contributed by atoms with van der Waals surface area (Å²) in [5, 5.41) is 5.37. The largest absolute Gasteiger partial charge is 0.494 e. The average molecular weight is 410 g/mol. The number of carbonyl (C=O) groups is 2. The van der Waals surface area contributed by atoms with E-state index in [1.54, 1.807) is 24.3 Å². The molecule has 2 heterocycles. The van der Waals surface area contributed by atoms with E-state index in [9.17, 15) is 18.0 Å². The molecule has 9 heteroatoms. The number of sulfone groups is 1. The predicted octanol–water partition coefficient (Wildman–Crippen LogP) is 0.193. The molecule has 28 heavy (non-hydrogen) atoms. The zero-order chi connectivity index (χ0) is 20.1. The van der Waals surface area contributed by atoms with Crippen molar-refractivity contribution in [3.63, 3.8) is 0 Å². The van der Waals surface area contributed by atoms with E-state index in [0.717, 1.165) is 25.9 Å². The number of rotatable bonds is 7. The van der Waals surface area contributed by atoms with Crippen molar-refractivity contribution in [3.05, 3.63) is 29.8 Å². The van der Waals surface area contributed by atoms with Gasteiger partial charge >= 0.3 is 0 Å². The number of amides is 2. The van der Waals surface area contributed by atoms with Crippen LogP contribution in [0.5, 0.6) is 5.75 Å². The first-order chi connectivity index (χ1) is 13.4. The molecule has 0 bridgehead atoms. The fourth-order valence-electron chi connectivity index (χ4n) is 3.79. The van der Waals surface area contributed by atoms with Crippen molar-refractivity contribution in [2.45, 2.75) is 31.8 Å². The maximum atomic E-state index is 12.3. The Labute approximate surface area is 165 Å². The van der Waals surface area contributed by atoms with Gasteiger partial charge in [0.05, 0.1) is 30.7 Å². The minimum atomic E-state index is -3.17. The summed E-state index contributed by atoms with van der Waals surface area (Å²) in [5.74, 6) is -0.0467. The Morgan fingerprint density at radius 3 is 2.46 bits per heavy atom. The maximum Gasteiger partial charge on any atom is 0.251 e. The summed E-state index contributed by atoms with van der Waals surface area (Å²) in [6.45, 7) is 3.95. The van der Waals surface area contributed by atoms with Crippen molar-refractivity contribution in [1.82, 2.24) is 15.5 Å². The molecule has 1 aromatic rings. The first-order valence-electron chi connectivity index (χ1n) is 9.63. The molecule has 0 radical (unpaired) electrons. The van der Waals surface area contributed by atoms with Crippen molar-refractivity contribution in [1.29, 1.82) is 0 Å². The molecule has 2 saturated heterocycles. The van der Waals surface area contributed by atoms with Crippen LogP contribution in [0.4, 0.5) is 0 Å². The van der Waals surface area contributed by atoms with Crippen LogP contribution in [0.25, 0.3) is 0 Å². The van der Waals surface area contributed by atoms with E-state index in [-0.39, 0.29) is 35.9 Å². The first-order valence-corrected chi connectivity index (χ1v) is 11.4. The van der Waals surface area contributed by atoms with E-state index in [4.69, 9.17) is 4.74 Å². The molecule has 0 aliphatic carbocycles. The van der Waals surface area contributed by atoms with E-state index >= 15 is 0 Å². The van der Waals surface area contributed by atoms with Gasteiger partial charge in [-0.1, -0.05) is 0 Å². The van der Waals surface area contributed by atoms with E-state index < -0.39 is 15.9 Å². The molecule has 2 unspecified atom stereocenters. The highest BCUT2D eigenvalue weighted by Crippen LogP contribution is 2.22. The van der Waals surface area contributed by atoms with Crippen LogP contribution < -0.4 is 15.4 Å². The first kappa shape index (κ1) is 20.6. The minimum absolute atomic E-state index is 0.0489. The number of likely N-dealkylation sites (tertiary alicyclic amines) is 1. The standard InChI is InChI=1S/C19H27N3O5S/c1-2-27-15-7-5-14(6-8-15)19(24)20-11-18(23)21-16-12-28(25,26)13-17(16)22-9-3-4-10-22/h5-8,16-17H,2-4,9-13H2,1H3,(H,20,24)(H,21,23). The number of carbonyl (C=O) groups excluding carboxylic acids is 2. The zero-order valence-electron chi connectivity index (χ0n) is 16.0. The maximum absolute atomic E-state index is 12.3. The highest BCUT2D eigenvalue weighted by atomic mass is 32.2. The van der Waals surface area contributed by atoms with Crippen LogP contribution in [0.3, 0.4) is 0 Å². The Morgan fingerprint density at radius 1 is 1.14 bits per heavy atom. The summed E-state index contributed by atoms with van der Waals surface area (Å²) in [6.07, 6.45) is 2.10. The van der Waals surface area contributed by atoms with Crippen LogP contribution >= 0.6 is 0 Å². The lowest BCUT2D eigenvalue weighted by Crippen LogP contribution is -2.52. The van der Waals surface area contributed by atoms with Crippen molar-refractivity contribution < 1.29 is 22.7 Å². The molecule has 2 fully saturated rings. The lowest BCUT2D eigenvalue weighted by Gasteiger charge is -2.28. The third-order valence-electron chi connectivity index (χ3n) is 5.12. The summed E-state index contributed by atoms with van der Waals surface area (Å²) in [6, 6.07) is 6.04. The number of hydrogen-bond donors (Lipinski definition) is 2. The van der Waals surface area contributed by atoms with Gasteiger partial charge in [-0.2, -0.15) is 0 Å². The van der Waals surface area contributed by atoms with Crippen molar-refractivity contribution in [2.75, 3.05) is 37.7 Å². The Balaban J connectivity index is 1.52. The van der Waals surface area contributed by atoms with Gasteiger partial charge in [-0.05, 0) is 57.1 Å². The molecule has 2 amide bonds. The molecule has 2 N–H and O–H groups in total. The molecule has 2 aliphatic rings. The minimum Gasteiger partial charge on any atom is -0.494 e. The topological polar surface area (TPSA) is 105 Å². The third-order valence-corrected chi connectivity index (χ3v) is 6.83. The van der Waals surface area contributed by atoms with E-state index in [0.29, 0.717) is 17.9 Å². The second kappa shape index (κ2) is 8.91. The van der Waals surface area contributed by atoms with Crippen LogP contribution in [0.2, 0.25) is 0 Å². The van der Waals surface area contributed by atoms with Crippen LogP contribution in [0.15, 0.2) is 24.3 Å². The SMILES string of the molecule is CCOc1ccc(C(=O)NCC(=O)NC2CS(=O)(=O)CC2N2CCCC2)cc1. The van der Waals surface area contributed by atoms with Crippen LogP contribution in [0, 0.1) is 0 Å². The van der Waals surface area contributed by atoms with Gasteiger partial charge in [-0.15, -0.1) is 0 Å². The summed E-state index contributed by atoms with van der Waals surface area (Å²) in [5.41, 5.74) is 0.426. The van der Waals surface area contributed by atoms with Crippen LogP contribution in [0.1, 0.15) is 30.1 Å². The smallest absolute Gasteiger partial charge is 0.251 e. The molecular weight excluding hydrogens is 382 g/mol. The Morgan fingerprint density at radius 2 is 1.82 bits per heavy atom. The fourth-order valence-corrected chi connectivity index (χ4v) is 5.74. The van der Waals surface area contributed by atoms with E-state index in [1.165, 1.54) is 0 Å². The van der Waals surface area contributed by atoms with Crippen LogP contribution in [-0.4, -0.2) is 75.0 Å². The Kier molecular flexibility index (Phi) is 6.56. The molecule has 0 aromatic heterocycles. The number of nitrogens with zero attached hydrogens (tertiary/aromatic N) is 1. The van der Waals surface area contributed by atoms with Gasteiger partial charge in [0, 0.05) is 11.6 Å². The summed E-state index contributed by atoms with van der Waals surface area (Å²) >= 11 is 0. The monoisotopic (exact) mass is 409 g/mol. The molecule has 0 saturated carbocycles. The van der Waals surface area contributed by atoms with E-state index in [2.05, 4.69) is 15.5 Å². The van der Waals surface area contributed by atoms with Gasteiger partial charge in [0.25, 0.3) is 5.91 Å². The van der Waals surface area contributed by atoms with E-state index in [1.807, 2.05) is 6.92 Å². The third kappa shape index (κ3) is 5.23. The van der Waals surface area contributed by atoms with Crippen molar-refractivity contribution >= 4 is 21.7 Å². The Hall–Kier alpha value is -2.13. The number of ether oxygens (including phenoxy) is 1. The van der Waals surface area contributed by atoms with Gasteiger partial charge < -0.3 is 15.4 Å². The van der Waals surface area contributed by atoms with Crippen molar-refractivity contribution in [2.24, 2.45) is 0 Å². The summed E-state index contributed by atoms with van der Waals surface area (Å²) in [7, 11) is -3.17. The highest BCUT2D eigenvalue weighted by molar-refractivity contribution is 7.91. The lowest BCUT2D eigenvalue weighted by molar-refractivity contribution is -0.121. The predicted molar refractivity (Wildman–Crippen MR) is 105 cm³/mol. The molecule has 3 rings (SSSR count). The van der Waals surface area contributed by atoms with Gasteiger partial charge in [0.15, 0.2) is 9.84 Å². The normalized spacial score (nSPS) is 24.0. The fraction of sp³-hybridized carbons (Fsp3) is 0.579. The lowest BCUT2D eigenvalue weighted by atomic mass is 10.1. The van der Waals surface area contributed by atoms with Crippen LogP contribution in [-0.2, 0) is 14.6 Å². The van der Waals surface area contributed by atoms with Gasteiger partial charge in [0.1, 0.15) is 5.75 Å². The van der Waals surface area contributed by atoms with Gasteiger partial charge in [-0.25, -0.2) is 8.42 Å². The molecule has 0 spiro atoms.